The van der Waals surface area contributed by atoms with Crippen molar-refractivity contribution in [2.45, 2.75) is 59.0 Å². The predicted octanol–water partition coefficient (Wildman–Crippen LogP) is 1.43. The molecule has 3 N–H and O–H groups in total. The van der Waals surface area contributed by atoms with Gasteiger partial charge in [-0.15, -0.1) is 0 Å². The van der Waals surface area contributed by atoms with E-state index in [1.807, 2.05) is 13.8 Å². The van der Waals surface area contributed by atoms with E-state index in [4.69, 9.17) is 15.1 Å². The summed E-state index contributed by atoms with van der Waals surface area (Å²) >= 11 is 0. The zero-order valence-corrected chi connectivity index (χ0v) is 12.8. The smallest absolute Gasteiger partial charge is 0.333 e. The van der Waals surface area contributed by atoms with E-state index in [1.54, 1.807) is 33.9 Å². The number of hydrogen-bond donors (Lipinski definition) is 2. The molecule has 109 valence electrons. The lowest BCUT2D eigenvalue weighted by molar-refractivity contribution is -0.0895. The molecule has 1 atom stereocenters. The summed E-state index contributed by atoms with van der Waals surface area (Å²) in [5, 5.41) is 9.97. The molecule has 0 fully saturated rings. The number of hydrogen-bond acceptors (Lipinski definition) is 5. The molecule has 0 rings (SSSR count). The first-order valence-corrected chi connectivity index (χ1v) is 6.44. The van der Waals surface area contributed by atoms with E-state index in [0.717, 1.165) is 0 Å². The van der Waals surface area contributed by atoms with Crippen molar-refractivity contribution in [3.8, 4) is 0 Å². The molecule has 5 nitrogen and oxygen atoms in total. The van der Waals surface area contributed by atoms with Gasteiger partial charge in [0.2, 0.25) is 0 Å². The molecular formula is C13H26BN2O3. The molecule has 19 heavy (non-hydrogen) atoms. The molecule has 0 aromatic rings. The fourth-order valence-electron chi connectivity index (χ4n) is 0.948. The Hall–Kier alpha value is -0.845. The fraction of sp³-hybridized carbons (Fsp3) is 0.769. The van der Waals surface area contributed by atoms with Crippen molar-refractivity contribution < 1.29 is 14.5 Å². The summed E-state index contributed by atoms with van der Waals surface area (Å²) < 4.78 is 10.9. The Bertz CT molecular complexity index is 322. The van der Waals surface area contributed by atoms with E-state index in [-0.39, 0.29) is 6.23 Å². The molecule has 1 unspecified atom stereocenters. The fourth-order valence-corrected chi connectivity index (χ4v) is 0.948. The number of aliphatic imine (C=N–C) groups is 1. The molecule has 0 spiro atoms. The minimum absolute atomic E-state index is 0.226. The van der Waals surface area contributed by atoms with Crippen LogP contribution in [0.5, 0.6) is 0 Å². The van der Waals surface area contributed by atoms with E-state index in [9.17, 15) is 5.11 Å². The van der Waals surface area contributed by atoms with E-state index < -0.39 is 11.2 Å². The van der Waals surface area contributed by atoms with Crippen molar-refractivity contribution in [3.05, 3.63) is 11.7 Å². The van der Waals surface area contributed by atoms with Gasteiger partial charge >= 0.3 is 7.48 Å². The molecular weight excluding hydrogens is 243 g/mol. The molecule has 0 aliphatic rings. The van der Waals surface area contributed by atoms with Gasteiger partial charge in [-0.1, -0.05) is 0 Å². The SMILES string of the molecule is CCOC(C)N=CC([B]OC(C)(C)C(C)(C)O)=CN. The molecule has 0 aromatic heterocycles. The molecule has 0 aliphatic carbocycles. The van der Waals surface area contributed by atoms with Crippen LogP contribution in [-0.2, 0) is 9.39 Å². The number of nitrogens with zero attached hydrogens (tertiary/aromatic N) is 1. The summed E-state index contributed by atoms with van der Waals surface area (Å²) in [6.07, 6.45) is 2.75. The molecule has 0 bridgehead atoms. The van der Waals surface area contributed by atoms with E-state index >= 15 is 0 Å². The van der Waals surface area contributed by atoms with Crippen LogP contribution in [0.1, 0.15) is 41.5 Å². The lowest BCUT2D eigenvalue weighted by Crippen LogP contribution is -2.48. The van der Waals surface area contributed by atoms with Crippen LogP contribution < -0.4 is 5.73 Å². The second kappa shape index (κ2) is 7.67. The summed E-state index contributed by atoms with van der Waals surface area (Å²) in [5.41, 5.74) is 4.41. The summed E-state index contributed by atoms with van der Waals surface area (Å²) in [5.74, 6) is 0. The number of allylic oxidation sites excluding steroid dienone is 1. The van der Waals surface area contributed by atoms with Crippen LogP contribution >= 0.6 is 0 Å². The average molecular weight is 269 g/mol. The summed E-state index contributed by atoms with van der Waals surface area (Å²) in [6, 6.07) is 0. The Morgan fingerprint density at radius 1 is 1.42 bits per heavy atom. The summed E-state index contributed by atoms with van der Waals surface area (Å²) in [6.45, 7) is 11.3. The van der Waals surface area contributed by atoms with Crippen LogP contribution in [0.4, 0.5) is 0 Å². The molecule has 1 radical (unpaired) electrons. The van der Waals surface area contributed by atoms with Crippen LogP contribution in [-0.4, -0.2) is 42.8 Å². The van der Waals surface area contributed by atoms with Gasteiger partial charge in [-0.3, -0.25) is 4.99 Å². The zero-order chi connectivity index (χ0) is 15.1. The first kappa shape index (κ1) is 18.2. The highest BCUT2D eigenvalue weighted by Gasteiger charge is 2.35. The van der Waals surface area contributed by atoms with Gasteiger partial charge in [-0.25, -0.2) is 0 Å². The Kier molecular flexibility index (Phi) is 7.33. The number of nitrogens with two attached hydrogens (primary N) is 1. The highest BCUT2D eigenvalue weighted by molar-refractivity contribution is 6.46. The van der Waals surface area contributed by atoms with E-state index in [2.05, 4.69) is 4.99 Å². The Labute approximate surface area is 117 Å². The minimum atomic E-state index is -0.973. The molecule has 0 saturated heterocycles. The van der Waals surface area contributed by atoms with Crippen molar-refractivity contribution in [1.82, 2.24) is 0 Å². The molecule has 0 amide bonds. The monoisotopic (exact) mass is 269 g/mol. The second-order valence-electron chi connectivity index (χ2n) is 5.30. The van der Waals surface area contributed by atoms with Gasteiger partial charge < -0.3 is 20.2 Å². The lowest BCUT2D eigenvalue weighted by atomic mass is 9.83. The highest BCUT2D eigenvalue weighted by atomic mass is 16.5. The minimum Gasteiger partial charge on any atom is -0.427 e. The standard InChI is InChI=1S/C13H26BN2O3/c1-7-18-10(2)16-9-11(8-15)14-19-13(5,6)12(3,4)17/h8-10,17H,7,15H2,1-6H3. The Morgan fingerprint density at radius 3 is 2.42 bits per heavy atom. The maximum Gasteiger partial charge on any atom is 0.333 e. The van der Waals surface area contributed by atoms with Crippen LogP contribution in [0.2, 0.25) is 0 Å². The average Bonchev–Trinajstić information content (AvgIpc) is 2.28. The zero-order valence-electron chi connectivity index (χ0n) is 12.8. The molecule has 6 heteroatoms. The molecule has 0 heterocycles. The van der Waals surface area contributed by atoms with Crippen molar-refractivity contribution in [1.29, 1.82) is 0 Å². The van der Waals surface area contributed by atoms with Crippen molar-refractivity contribution in [2.24, 2.45) is 10.7 Å². The van der Waals surface area contributed by atoms with E-state index in [1.165, 1.54) is 13.7 Å². The van der Waals surface area contributed by atoms with Gasteiger partial charge in [-0.05, 0) is 53.2 Å². The number of rotatable bonds is 8. The van der Waals surface area contributed by atoms with Gasteiger partial charge in [0.1, 0.15) is 6.23 Å². The van der Waals surface area contributed by atoms with Crippen LogP contribution in [0.3, 0.4) is 0 Å². The Morgan fingerprint density at radius 2 is 2.00 bits per heavy atom. The largest absolute Gasteiger partial charge is 0.427 e. The maximum absolute atomic E-state index is 9.97. The maximum atomic E-state index is 9.97. The quantitative estimate of drug-likeness (QED) is 0.516. The topological polar surface area (TPSA) is 77.1 Å². The first-order valence-electron chi connectivity index (χ1n) is 6.44. The van der Waals surface area contributed by atoms with Gasteiger partial charge in [0, 0.05) is 12.8 Å². The number of aliphatic hydroxyl groups is 1. The van der Waals surface area contributed by atoms with Crippen LogP contribution in [0, 0.1) is 0 Å². The van der Waals surface area contributed by atoms with Crippen molar-refractivity contribution in [2.75, 3.05) is 6.61 Å². The van der Waals surface area contributed by atoms with Gasteiger partial charge in [-0.2, -0.15) is 0 Å². The van der Waals surface area contributed by atoms with Gasteiger partial charge in [0.05, 0.1) is 11.2 Å². The van der Waals surface area contributed by atoms with Crippen LogP contribution in [0.15, 0.2) is 16.7 Å². The normalized spacial score (nSPS) is 15.8. The highest BCUT2D eigenvalue weighted by Crippen LogP contribution is 2.24. The Balaban J connectivity index is 4.45. The first-order chi connectivity index (χ1) is 8.64. The lowest BCUT2D eigenvalue weighted by Gasteiger charge is -2.37. The second-order valence-corrected chi connectivity index (χ2v) is 5.30. The summed E-state index contributed by atoms with van der Waals surface area (Å²) in [7, 11) is 1.49. The van der Waals surface area contributed by atoms with Gasteiger partial charge in [0.25, 0.3) is 0 Å². The van der Waals surface area contributed by atoms with Crippen LogP contribution in [0.25, 0.3) is 0 Å². The number of ether oxygens (including phenoxy) is 1. The van der Waals surface area contributed by atoms with Crippen molar-refractivity contribution >= 4 is 13.7 Å². The van der Waals surface area contributed by atoms with E-state index in [0.29, 0.717) is 12.1 Å². The summed E-state index contributed by atoms with van der Waals surface area (Å²) in [4.78, 5) is 4.18. The van der Waals surface area contributed by atoms with Crippen molar-refractivity contribution in [3.63, 3.8) is 0 Å². The third kappa shape index (κ3) is 6.75. The van der Waals surface area contributed by atoms with Gasteiger partial charge in [0.15, 0.2) is 0 Å². The third-order valence-electron chi connectivity index (χ3n) is 3.00. The molecule has 0 aliphatic heterocycles. The predicted molar refractivity (Wildman–Crippen MR) is 79.1 cm³/mol. The molecule has 0 saturated carbocycles. The molecule has 0 aromatic carbocycles. The third-order valence-corrected chi connectivity index (χ3v) is 3.00.